The van der Waals surface area contributed by atoms with Crippen LogP contribution < -0.4 is 0 Å². The molecule has 0 aliphatic heterocycles. The van der Waals surface area contributed by atoms with Crippen molar-refractivity contribution in [3.63, 3.8) is 0 Å². The molecule has 0 fully saturated rings. The normalized spacial score (nSPS) is 11.6. The van der Waals surface area contributed by atoms with Crippen LogP contribution in [0.1, 0.15) is 0 Å². The number of nitrogens with zero attached hydrogens (tertiary/aromatic N) is 4. The molecule has 0 radical (unpaired) electrons. The van der Waals surface area contributed by atoms with Crippen molar-refractivity contribution >= 4 is 54.1 Å². The van der Waals surface area contributed by atoms with Crippen LogP contribution in [0.5, 0.6) is 0 Å². The molecule has 0 N–H and O–H groups in total. The molecular weight excluding hydrogens is 741 g/mol. The fourth-order valence-corrected chi connectivity index (χ4v) is 9.21. The van der Waals surface area contributed by atoms with Gasteiger partial charge in [0.1, 0.15) is 0 Å². The third-order valence-electron chi connectivity index (χ3n) is 12.0. The molecule has 2 aromatic heterocycles. The molecule has 0 aliphatic rings. The minimum atomic E-state index is 0.633. The number of fused-ring (bicyclic) bond motifs is 10. The van der Waals surface area contributed by atoms with E-state index in [0.29, 0.717) is 17.5 Å². The molecule has 10 aromatic carbocycles. The first-order chi connectivity index (χ1) is 30.3. The molecule has 4 heteroatoms. The topological polar surface area (TPSA) is 43.6 Å². The van der Waals surface area contributed by atoms with E-state index in [1.807, 2.05) is 36.4 Å². The summed E-state index contributed by atoms with van der Waals surface area (Å²) in [4.78, 5) is 15.1. The van der Waals surface area contributed by atoms with Gasteiger partial charge in [-0.25, -0.2) is 15.0 Å². The van der Waals surface area contributed by atoms with Gasteiger partial charge in [0, 0.05) is 43.9 Å². The Bertz CT molecular complexity index is 3600. The van der Waals surface area contributed by atoms with Gasteiger partial charge in [0.25, 0.3) is 0 Å². The van der Waals surface area contributed by atoms with Crippen molar-refractivity contribution in [1.29, 1.82) is 0 Å². The Morgan fingerprint density at radius 2 is 0.705 bits per heavy atom. The molecule has 0 bridgehead atoms. The molecule has 284 valence electrons. The van der Waals surface area contributed by atoms with Crippen molar-refractivity contribution in [3.05, 3.63) is 218 Å². The van der Waals surface area contributed by atoms with E-state index in [-0.39, 0.29) is 0 Å². The lowest BCUT2D eigenvalue weighted by atomic mass is 9.88. The van der Waals surface area contributed by atoms with Crippen molar-refractivity contribution in [2.24, 2.45) is 0 Å². The Labute approximate surface area is 352 Å². The third kappa shape index (κ3) is 5.80. The first-order valence-electron chi connectivity index (χ1n) is 20.7. The highest BCUT2D eigenvalue weighted by Crippen LogP contribution is 2.47. The zero-order valence-corrected chi connectivity index (χ0v) is 33.1. The van der Waals surface area contributed by atoms with Crippen molar-refractivity contribution in [2.75, 3.05) is 0 Å². The molecule has 0 spiro atoms. The van der Waals surface area contributed by atoms with Gasteiger partial charge in [-0.3, -0.25) is 0 Å². The second kappa shape index (κ2) is 14.3. The molecule has 0 aliphatic carbocycles. The van der Waals surface area contributed by atoms with E-state index in [4.69, 9.17) is 15.0 Å². The van der Waals surface area contributed by atoms with Crippen molar-refractivity contribution < 1.29 is 0 Å². The molecule has 61 heavy (non-hydrogen) atoms. The monoisotopic (exact) mass is 776 g/mol. The zero-order valence-electron chi connectivity index (χ0n) is 33.1. The Morgan fingerprint density at radius 1 is 0.279 bits per heavy atom. The molecule has 12 rings (SSSR count). The predicted molar refractivity (Wildman–Crippen MR) is 254 cm³/mol. The number of para-hydroxylation sites is 2. The Balaban J connectivity index is 1.03. The SMILES string of the molecule is c1ccc(-c2ccc(-c3nc(-c4ccccc4)nc(-c4ccc(-c5cc6c7ccccc7c7c(c8ccccc8n7-c7ccccc7)c6c6ccccc56)cc4)n3)cc2)cc1. The van der Waals surface area contributed by atoms with E-state index < -0.39 is 0 Å². The molecule has 12 aromatic rings. The zero-order chi connectivity index (χ0) is 40.3. The van der Waals surface area contributed by atoms with Crippen LogP contribution in [0.25, 0.3) is 116 Å². The van der Waals surface area contributed by atoms with Gasteiger partial charge >= 0.3 is 0 Å². The van der Waals surface area contributed by atoms with Crippen LogP contribution in [0, 0.1) is 0 Å². The van der Waals surface area contributed by atoms with Crippen molar-refractivity contribution in [2.45, 2.75) is 0 Å². The van der Waals surface area contributed by atoms with Gasteiger partial charge < -0.3 is 4.57 Å². The van der Waals surface area contributed by atoms with Crippen LogP contribution in [-0.4, -0.2) is 19.5 Å². The maximum Gasteiger partial charge on any atom is 0.164 e. The first-order valence-corrected chi connectivity index (χ1v) is 20.7. The summed E-state index contributed by atoms with van der Waals surface area (Å²) in [6, 6.07) is 77.5. The van der Waals surface area contributed by atoms with E-state index in [9.17, 15) is 0 Å². The summed E-state index contributed by atoms with van der Waals surface area (Å²) >= 11 is 0. The molecule has 0 amide bonds. The number of aromatic nitrogens is 4. The van der Waals surface area contributed by atoms with Crippen LogP contribution in [-0.2, 0) is 0 Å². The Morgan fingerprint density at radius 3 is 1.33 bits per heavy atom. The average molecular weight is 777 g/mol. The van der Waals surface area contributed by atoms with Gasteiger partial charge in [0.15, 0.2) is 17.5 Å². The summed E-state index contributed by atoms with van der Waals surface area (Å²) in [5.41, 5.74) is 11.0. The predicted octanol–water partition coefficient (Wildman–Crippen LogP) is 14.8. The second-order valence-corrected chi connectivity index (χ2v) is 15.5. The van der Waals surface area contributed by atoms with Crippen LogP contribution in [0.2, 0.25) is 0 Å². The van der Waals surface area contributed by atoms with Gasteiger partial charge in [-0.2, -0.15) is 0 Å². The summed E-state index contributed by atoms with van der Waals surface area (Å²) in [7, 11) is 0. The molecule has 0 unspecified atom stereocenters. The highest BCUT2D eigenvalue weighted by Gasteiger charge is 2.22. The highest BCUT2D eigenvalue weighted by molar-refractivity contribution is 6.38. The molecule has 2 heterocycles. The standard InChI is InChI=1S/C57H36N4/c1-4-16-37(17-5-1)38-28-32-41(33-29-38)56-58-55(40-18-6-2-7-19-40)59-57(60-56)42-34-30-39(31-35-42)49-36-50-45-23-11-13-25-47(45)54-53(52(50)46-24-12-10-22-44(46)49)48-26-14-15-27-51(48)61(54)43-20-8-3-9-21-43/h1-36H. The Hall–Kier alpha value is -8.21. The fraction of sp³-hybridized carbons (Fsp3) is 0. The van der Waals surface area contributed by atoms with Crippen LogP contribution in [0.3, 0.4) is 0 Å². The number of benzene rings is 10. The fourth-order valence-electron chi connectivity index (χ4n) is 9.21. The quantitative estimate of drug-likeness (QED) is 0.158. The van der Waals surface area contributed by atoms with Crippen molar-refractivity contribution in [3.8, 4) is 62.1 Å². The number of hydrogen-bond donors (Lipinski definition) is 0. The summed E-state index contributed by atoms with van der Waals surface area (Å²) in [6.45, 7) is 0. The van der Waals surface area contributed by atoms with Crippen LogP contribution >= 0.6 is 0 Å². The Kier molecular flexibility index (Phi) is 8.13. The number of hydrogen-bond acceptors (Lipinski definition) is 3. The van der Waals surface area contributed by atoms with Gasteiger partial charge in [0.2, 0.25) is 0 Å². The van der Waals surface area contributed by atoms with Gasteiger partial charge in [-0.15, -0.1) is 0 Å². The molecular formula is C57H36N4. The van der Waals surface area contributed by atoms with E-state index in [1.165, 1.54) is 65.3 Å². The van der Waals surface area contributed by atoms with Crippen LogP contribution in [0.15, 0.2) is 218 Å². The summed E-state index contributed by atoms with van der Waals surface area (Å²) in [5.74, 6) is 1.91. The van der Waals surface area contributed by atoms with E-state index in [0.717, 1.165) is 33.5 Å². The highest BCUT2D eigenvalue weighted by atomic mass is 15.0. The van der Waals surface area contributed by atoms with Gasteiger partial charge in [-0.1, -0.05) is 194 Å². The minimum absolute atomic E-state index is 0.633. The van der Waals surface area contributed by atoms with Crippen molar-refractivity contribution in [1.82, 2.24) is 19.5 Å². The largest absolute Gasteiger partial charge is 0.309 e. The lowest BCUT2D eigenvalue weighted by molar-refractivity contribution is 1.07. The van der Waals surface area contributed by atoms with Gasteiger partial charge in [-0.05, 0) is 68.1 Å². The van der Waals surface area contributed by atoms with E-state index in [2.05, 4.69) is 187 Å². The first kappa shape index (κ1) is 34.8. The smallest absolute Gasteiger partial charge is 0.164 e. The maximum absolute atomic E-state index is 5.08. The third-order valence-corrected chi connectivity index (χ3v) is 12.0. The van der Waals surface area contributed by atoms with Crippen LogP contribution in [0.4, 0.5) is 0 Å². The lowest BCUT2D eigenvalue weighted by Gasteiger charge is -2.16. The lowest BCUT2D eigenvalue weighted by Crippen LogP contribution is -2.00. The molecule has 0 saturated heterocycles. The molecule has 4 nitrogen and oxygen atoms in total. The summed E-state index contributed by atoms with van der Waals surface area (Å²) in [6.07, 6.45) is 0. The molecule has 0 atom stereocenters. The maximum atomic E-state index is 5.08. The van der Waals surface area contributed by atoms with E-state index >= 15 is 0 Å². The summed E-state index contributed by atoms with van der Waals surface area (Å²) in [5, 5.41) is 9.96. The second-order valence-electron chi connectivity index (χ2n) is 15.5. The van der Waals surface area contributed by atoms with E-state index in [1.54, 1.807) is 0 Å². The summed E-state index contributed by atoms with van der Waals surface area (Å²) < 4.78 is 2.45. The van der Waals surface area contributed by atoms with Gasteiger partial charge in [0.05, 0.1) is 11.0 Å². The molecule has 0 saturated carbocycles. The number of rotatable bonds is 6. The average Bonchev–Trinajstić information content (AvgIpc) is 3.70. The minimum Gasteiger partial charge on any atom is -0.309 e.